The van der Waals surface area contributed by atoms with Gasteiger partial charge in [-0.15, -0.1) is 0 Å². The van der Waals surface area contributed by atoms with E-state index in [0.29, 0.717) is 11.7 Å². The third-order valence-electron chi connectivity index (χ3n) is 4.93. The van der Waals surface area contributed by atoms with Crippen LogP contribution in [0.1, 0.15) is 36.8 Å². The summed E-state index contributed by atoms with van der Waals surface area (Å²) >= 11 is 0. The molecule has 1 saturated carbocycles. The lowest BCUT2D eigenvalue weighted by Crippen LogP contribution is -2.27. The first kappa shape index (κ1) is 17.5. The molecule has 132 valence electrons. The van der Waals surface area contributed by atoms with Gasteiger partial charge in [0.1, 0.15) is 11.5 Å². The van der Waals surface area contributed by atoms with Crippen molar-refractivity contribution in [2.45, 2.75) is 39.5 Å². The Bertz CT molecular complexity index is 680. The molecule has 0 bridgehead atoms. The lowest BCUT2D eigenvalue weighted by atomic mass is 9.82. The molecule has 3 rings (SSSR count). The minimum absolute atomic E-state index is 0.0110. The maximum Gasteiger partial charge on any atom is 0.314 e. The highest BCUT2D eigenvalue weighted by atomic mass is 16.5. The van der Waals surface area contributed by atoms with Crippen LogP contribution in [0.25, 0.3) is 0 Å². The number of esters is 1. The topological polar surface area (TPSA) is 35.5 Å². The van der Waals surface area contributed by atoms with Gasteiger partial charge >= 0.3 is 5.97 Å². The molecule has 1 aliphatic carbocycles. The van der Waals surface area contributed by atoms with Crippen LogP contribution < -0.4 is 9.47 Å². The Hall–Kier alpha value is -2.29. The fraction of sp³-hybridized carbons (Fsp3) is 0.409. The third-order valence-corrected chi connectivity index (χ3v) is 4.93. The van der Waals surface area contributed by atoms with Gasteiger partial charge in [-0.3, -0.25) is 4.79 Å². The molecular weight excluding hydrogens is 312 g/mol. The summed E-state index contributed by atoms with van der Waals surface area (Å²) < 4.78 is 11.4. The summed E-state index contributed by atoms with van der Waals surface area (Å²) in [5, 5.41) is 0. The van der Waals surface area contributed by atoms with Crippen molar-refractivity contribution in [3.63, 3.8) is 0 Å². The first-order chi connectivity index (χ1) is 12.1. The van der Waals surface area contributed by atoms with Crippen molar-refractivity contribution < 1.29 is 14.3 Å². The van der Waals surface area contributed by atoms with Crippen molar-refractivity contribution in [1.29, 1.82) is 0 Å². The van der Waals surface area contributed by atoms with E-state index in [1.807, 2.05) is 43.3 Å². The van der Waals surface area contributed by atoms with Crippen molar-refractivity contribution in [3.8, 4) is 11.5 Å². The molecule has 0 spiro atoms. The first-order valence-corrected chi connectivity index (χ1v) is 9.08. The lowest BCUT2D eigenvalue weighted by molar-refractivity contribution is -0.140. The molecule has 0 heterocycles. The molecule has 0 saturated heterocycles. The zero-order chi connectivity index (χ0) is 17.6. The van der Waals surface area contributed by atoms with Crippen molar-refractivity contribution in [3.05, 3.63) is 59.7 Å². The van der Waals surface area contributed by atoms with Gasteiger partial charge in [0.15, 0.2) is 0 Å². The van der Waals surface area contributed by atoms with Crippen LogP contribution in [0.15, 0.2) is 48.5 Å². The fourth-order valence-corrected chi connectivity index (χ4v) is 3.22. The van der Waals surface area contributed by atoms with Crippen molar-refractivity contribution in [2.75, 3.05) is 6.61 Å². The van der Waals surface area contributed by atoms with E-state index in [0.717, 1.165) is 43.6 Å². The number of benzene rings is 2. The number of ether oxygens (including phenoxy) is 2. The van der Waals surface area contributed by atoms with E-state index in [4.69, 9.17) is 9.47 Å². The maximum absolute atomic E-state index is 12.3. The highest BCUT2D eigenvalue weighted by Gasteiger charge is 2.28. The van der Waals surface area contributed by atoms with Crippen LogP contribution in [0.5, 0.6) is 11.5 Å². The molecule has 0 aliphatic heterocycles. The molecule has 2 aromatic carbocycles. The van der Waals surface area contributed by atoms with E-state index in [1.165, 1.54) is 5.56 Å². The second-order valence-electron chi connectivity index (χ2n) is 7.08. The summed E-state index contributed by atoms with van der Waals surface area (Å²) in [7, 11) is 0. The predicted molar refractivity (Wildman–Crippen MR) is 98.9 cm³/mol. The van der Waals surface area contributed by atoms with Gasteiger partial charge < -0.3 is 9.47 Å². The van der Waals surface area contributed by atoms with E-state index in [9.17, 15) is 4.79 Å². The second kappa shape index (κ2) is 8.19. The average Bonchev–Trinajstić information content (AvgIpc) is 2.63. The van der Waals surface area contributed by atoms with Crippen molar-refractivity contribution >= 4 is 5.97 Å². The molecular formula is C22H26O3. The maximum atomic E-state index is 12.3. The normalized spacial score (nSPS) is 20.1. The monoisotopic (exact) mass is 338 g/mol. The van der Waals surface area contributed by atoms with Crippen LogP contribution in [0.3, 0.4) is 0 Å². The largest absolute Gasteiger partial charge is 0.493 e. The molecule has 3 heteroatoms. The molecule has 0 aromatic heterocycles. The lowest BCUT2D eigenvalue weighted by Gasteiger charge is -2.27. The number of rotatable bonds is 5. The van der Waals surface area contributed by atoms with E-state index >= 15 is 0 Å². The SMILES string of the molecule is Cc1ccc(OCC2CCC(C(=O)Oc3ccc(C)cc3)CC2)cc1. The van der Waals surface area contributed by atoms with Gasteiger partial charge in [-0.25, -0.2) is 0 Å². The molecule has 0 radical (unpaired) electrons. The number of hydrogen-bond donors (Lipinski definition) is 0. The van der Waals surface area contributed by atoms with Gasteiger partial charge in [-0.2, -0.15) is 0 Å². The highest BCUT2D eigenvalue weighted by molar-refractivity contribution is 5.75. The van der Waals surface area contributed by atoms with Crippen LogP contribution in [-0.4, -0.2) is 12.6 Å². The Labute approximate surface area is 150 Å². The van der Waals surface area contributed by atoms with Gasteiger partial charge in [-0.1, -0.05) is 35.4 Å². The van der Waals surface area contributed by atoms with Crippen LogP contribution in [-0.2, 0) is 4.79 Å². The van der Waals surface area contributed by atoms with Gasteiger partial charge in [0, 0.05) is 0 Å². The zero-order valence-corrected chi connectivity index (χ0v) is 15.0. The molecule has 3 nitrogen and oxygen atoms in total. The molecule has 1 aliphatic rings. The molecule has 1 fully saturated rings. The van der Waals surface area contributed by atoms with Crippen molar-refractivity contribution in [1.82, 2.24) is 0 Å². The summed E-state index contributed by atoms with van der Waals surface area (Å²) in [6, 6.07) is 15.8. The summed E-state index contributed by atoms with van der Waals surface area (Å²) in [5.74, 6) is 2.00. The number of carbonyl (C=O) groups is 1. The fourth-order valence-electron chi connectivity index (χ4n) is 3.22. The minimum Gasteiger partial charge on any atom is -0.493 e. The molecule has 0 unspecified atom stereocenters. The average molecular weight is 338 g/mol. The van der Waals surface area contributed by atoms with Crippen LogP contribution in [0.2, 0.25) is 0 Å². The molecule has 0 atom stereocenters. The van der Waals surface area contributed by atoms with E-state index in [1.54, 1.807) is 0 Å². The van der Waals surface area contributed by atoms with Crippen LogP contribution in [0, 0.1) is 25.7 Å². The third kappa shape index (κ3) is 5.09. The zero-order valence-electron chi connectivity index (χ0n) is 15.0. The Morgan fingerprint density at radius 3 is 1.92 bits per heavy atom. The van der Waals surface area contributed by atoms with Crippen molar-refractivity contribution in [2.24, 2.45) is 11.8 Å². The summed E-state index contributed by atoms with van der Waals surface area (Å²) in [6.07, 6.45) is 3.79. The van der Waals surface area contributed by atoms with Gasteiger partial charge in [0.25, 0.3) is 0 Å². The molecule has 0 N–H and O–H groups in total. The Morgan fingerprint density at radius 1 is 0.840 bits per heavy atom. The molecule has 25 heavy (non-hydrogen) atoms. The van der Waals surface area contributed by atoms with E-state index in [-0.39, 0.29) is 11.9 Å². The predicted octanol–water partition coefficient (Wildman–Crippen LogP) is 5.09. The molecule has 0 amide bonds. The Morgan fingerprint density at radius 2 is 1.36 bits per heavy atom. The number of aryl methyl sites for hydroxylation is 2. The Balaban J connectivity index is 1.42. The second-order valence-corrected chi connectivity index (χ2v) is 7.08. The van der Waals surface area contributed by atoms with Gasteiger partial charge in [-0.05, 0) is 69.7 Å². The van der Waals surface area contributed by atoms with E-state index < -0.39 is 0 Å². The van der Waals surface area contributed by atoms with Crippen LogP contribution in [0.4, 0.5) is 0 Å². The summed E-state index contributed by atoms with van der Waals surface area (Å²) in [6.45, 7) is 4.81. The standard InChI is InChI=1S/C22H26O3/c1-16-3-11-20(12-4-16)24-15-18-7-9-19(10-8-18)22(23)25-21-13-5-17(2)6-14-21/h3-6,11-14,18-19H,7-10,15H2,1-2H3. The first-order valence-electron chi connectivity index (χ1n) is 9.08. The highest BCUT2D eigenvalue weighted by Crippen LogP contribution is 2.30. The molecule has 2 aromatic rings. The number of hydrogen-bond acceptors (Lipinski definition) is 3. The van der Waals surface area contributed by atoms with Gasteiger partial charge in [0.05, 0.1) is 12.5 Å². The minimum atomic E-state index is -0.0956. The van der Waals surface area contributed by atoms with Crippen LogP contribution >= 0.6 is 0 Å². The summed E-state index contributed by atoms with van der Waals surface area (Å²) in [5.41, 5.74) is 2.40. The quantitative estimate of drug-likeness (QED) is 0.562. The summed E-state index contributed by atoms with van der Waals surface area (Å²) in [4.78, 5) is 12.3. The van der Waals surface area contributed by atoms with E-state index in [2.05, 4.69) is 19.1 Å². The Kier molecular flexibility index (Phi) is 5.75. The van der Waals surface area contributed by atoms with Gasteiger partial charge in [0.2, 0.25) is 0 Å². The smallest absolute Gasteiger partial charge is 0.314 e. The number of carbonyl (C=O) groups excluding carboxylic acids is 1.